The number of amides is 2. The number of aromatic nitrogens is 2. The van der Waals surface area contributed by atoms with E-state index in [4.69, 9.17) is 4.42 Å². The third-order valence-electron chi connectivity index (χ3n) is 4.39. The monoisotopic (exact) mass is 393 g/mol. The lowest BCUT2D eigenvalue weighted by Gasteiger charge is -2.25. The minimum atomic E-state index is -0.725. The summed E-state index contributed by atoms with van der Waals surface area (Å²) in [6.45, 7) is 2.03. The maximum Gasteiger partial charge on any atom is 0.313 e. The lowest BCUT2D eigenvalue weighted by Crippen LogP contribution is -2.40. The van der Waals surface area contributed by atoms with E-state index in [9.17, 15) is 9.59 Å². The second-order valence-electron chi connectivity index (χ2n) is 6.76. The van der Waals surface area contributed by atoms with Crippen LogP contribution in [0, 0.1) is 6.92 Å². The van der Waals surface area contributed by atoms with Gasteiger partial charge in [0.05, 0.1) is 6.04 Å². The molecule has 2 aromatic carbocycles. The molecule has 0 saturated heterocycles. The van der Waals surface area contributed by atoms with Crippen LogP contribution in [0.5, 0.6) is 0 Å². The van der Waals surface area contributed by atoms with Crippen LogP contribution in [0.4, 0.5) is 5.69 Å². The van der Waals surface area contributed by atoms with Gasteiger partial charge >= 0.3 is 11.8 Å². The molecular formula is C21H23N5O3. The Morgan fingerprint density at radius 3 is 2.28 bits per heavy atom. The molecule has 0 saturated carbocycles. The van der Waals surface area contributed by atoms with E-state index in [0.29, 0.717) is 24.0 Å². The minimum absolute atomic E-state index is 0.0369. The number of likely N-dealkylation sites (N-methyl/N-ethyl adjacent to an activating group) is 1. The van der Waals surface area contributed by atoms with Gasteiger partial charge in [-0.2, -0.15) is 0 Å². The standard InChI is InChI=1S/C21H23N5O3/c1-14-24-25-21(29-14)16-9-11-17(12-10-16)23-20(28)19(27)22-13-18(26(2)3)15-7-5-4-6-8-15/h4-12,18H,13H2,1-3H3,(H,22,27)(H,23,28)/t18-/m1/s1. The Morgan fingerprint density at radius 1 is 1.00 bits per heavy atom. The number of nitrogens with one attached hydrogen (secondary N) is 2. The van der Waals surface area contributed by atoms with Gasteiger partial charge in [-0.1, -0.05) is 30.3 Å². The van der Waals surface area contributed by atoms with Gasteiger partial charge in [-0.15, -0.1) is 10.2 Å². The van der Waals surface area contributed by atoms with Crippen LogP contribution < -0.4 is 10.6 Å². The Bertz CT molecular complexity index is 967. The zero-order valence-corrected chi connectivity index (χ0v) is 16.5. The van der Waals surface area contributed by atoms with Crippen molar-refractivity contribution in [1.82, 2.24) is 20.4 Å². The summed E-state index contributed by atoms with van der Waals surface area (Å²) in [5.41, 5.74) is 2.28. The van der Waals surface area contributed by atoms with Gasteiger partial charge in [0.1, 0.15) is 0 Å². The molecule has 0 bridgehead atoms. The third-order valence-corrected chi connectivity index (χ3v) is 4.39. The SMILES string of the molecule is Cc1nnc(-c2ccc(NC(=O)C(=O)NC[C@H](c3ccccc3)N(C)C)cc2)o1. The lowest BCUT2D eigenvalue weighted by atomic mass is 10.1. The Hall–Kier alpha value is -3.52. The van der Waals surface area contributed by atoms with Crippen molar-refractivity contribution in [3.8, 4) is 11.5 Å². The summed E-state index contributed by atoms with van der Waals surface area (Å²) in [5.74, 6) is -0.546. The molecule has 2 amide bonds. The minimum Gasteiger partial charge on any atom is -0.421 e. The number of anilines is 1. The Morgan fingerprint density at radius 2 is 1.69 bits per heavy atom. The molecule has 8 heteroatoms. The van der Waals surface area contributed by atoms with E-state index in [-0.39, 0.29) is 6.04 Å². The van der Waals surface area contributed by atoms with Crippen molar-refractivity contribution in [3.05, 3.63) is 66.1 Å². The summed E-state index contributed by atoms with van der Waals surface area (Å²) in [6, 6.07) is 16.6. The Labute approximate surface area is 168 Å². The first kappa shape index (κ1) is 20.2. The highest BCUT2D eigenvalue weighted by Gasteiger charge is 2.19. The summed E-state index contributed by atoms with van der Waals surface area (Å²) in [6.07, 6.45) is 0. The van der Waals surface area contributed by atoms with Crippen molar-refractivity contribution in [3.63, 3.8) is 0 Å². The summed E-state index contributed by atoms with van der Waals surface area (Å²) < 4.78 is 5.36. The van der Waals surface area contributed by atoms with Gasteiger partial charge in [-0.3, -0.25) is 9.59 Å². The zero-order valence-electron chi connectivity index (χ0n) is 16.5. The molecule has 2 N–H and O–H groups in total. The predicted molar refractivity (Wildman–Crippen MR) is 109 cm³/mol. The first-order valence-electron chi connectivity index (χ1n) is 9.15. The van der Waals surface area contributed by atoms with Crippen molar-refractivity contribution in [2.45, 2.75) is 13.0 Å². The molecular weight excluding hydrogens is 370 g/mol. The Kier molecular flexibility index (Phi) is 6.36. The van der Waals surface area contributed by atoms with E-state index in [1.54, 1.807) is 31.2 Å². The summed E-state index contributed by atoms with van der Waals surface area (Å²) in [5, 5.41) is 13.0. The molecule has 0 radical (unpaired) electrons. The fourth-order valence-corrected chi connectivity index (χ4v) is 2.84. The highest BCUT2D eigenvalue weighted by Crippen LogP contribution is 2.20. The molecule has 3 aromatic rings. The first-order chi connectivity index (χ1) is 13.9. The molecule has 0 aliphatic carbocycles. The number of nitrogens with zero attached hydrogens (tertiary/aromatic N) is 3. The topological polar surface area (TPSA) is 100 Å². The average Bonchev–Trinajstić information content (AvgIpc) is 3.15. The number of aryl methyl sites for hydroxylation is 1. The van der Waals surface area contributed by atoms with Gasteiger partial charge in [0.15, 0.2) is 0 Å². The van der Waals surface area contributed by atoms with E-state index in [0.717, 1.165) is 11.1 Å². The largest absolute Gasteiger partial charge is 0.421 e. The molecule has 0 unspecified atom stereocenters. The molecule has 1 atom stereocenters. The highest BCUT2D eigenvalue weighted by atomic mass is 16.4. The maximum absolute atomic E-state index is 12.2. The van der Waals surface area contributed by atoms with Gasteiger partial charge in [0.25, 0.3) is 0 Å². The zero-order chi connectivity index (χ0) is 20.8. The third kappa shape index (κ3) is 5.26. The normalized spacial score (nSPS) is 11.9. The number of rotatable bonds is 6. The fourth-order valence-electron chi connectivity index (χ4n) is 2.84. The number of hydrogen-bond donors (Lipinski definition) is 2. The van der Waals surface area contributed by atoms with Crippen LogP contribution in [0.1, 0.15) is 17.5 Å². The van der Waals surface area contributed by atoms with Crippen molar-refractivity contribution in [1.29, 1.82) is 0 Å². The molecule has 1 heterocycles. The van der Waals surface area contributed by atoms with Gasteiger partial charge in [0.2, 0.25) is 11.8 Å². The van der Waals surface area contributed by atoms with Crippen molar-refractivity contribution in [2.75, 3.05) is 26.0 Å². The molecule has 29 heavy (non-hydrogen) atoms. The predicted octanol–water partition coefficient (Wildman–Crippen LogP) is 2.40. The van der Waals surface area contributed by atoms with Crippen LogP contribution in [0.25, 0.3) is 11.5 Å². The molecule has 3 rings (SSSR count). The fraction of sp³-hybridized carbons (Fsp3) is 0.238. The van der Waals surface area contributed by atoms with Crippen LogP contribution in [0.2, 0.25) is 0 Å². The second kappa shape index (κ2) is 9.11. The van der Waals surface area contributed by atoms with Crippen LogP contribution in [-0.2, 0) is 9.59 Å². The van der Waals surface area contributed by atoms with E-state index < -0.39 is 11.8 Å². The first-order valence-corrected chi connectivity index (χ1v) is 9.15. The van der Waals surface area contributed by atoms with Gasteiger partial charge in [-0.05, 0) is 43.9 Å². The van der Waals surface area contributed by atoms with Crippen LogP contribution in [-0.4, -0.2) is 47.6 Å². The molecule has 8 nitrogen and oxygen atoms in total. The lowest BCUT2D eigenvalue weighted by molar-refractivity contribution is -0.136. The number of carbonyl (C=O) groups excluding carboxylic acids is 2. The number of benzene rings is 2. The van der Waals surface area contributed by atoms with Crippen molar-refractivity contribution in [2.24, 2.45) is 0 Å². The molecule has 0 fully saturated rings. The van der Waals surface area contributed by atoms with E-state index in [2.05, 4.69) is 20.8 Å². The smallest absolute Gasteiger partial charge is 0.313 e. The Balaban J connectivity index is 1.57. The van der Waals surface area contributed by atoms with Gasteiger partial charge < -0.3 is 20.0 Å². The summed E-state index contributed by atoms with van der Waals surface area (Å²) in [7, 11) is 3.85. The molecule has 0 aliphatic heterocycles. The van der Waals surface area contributed by atoms with Gasteiger partial charge in [-0.25, -0.2) is 0 Å². The maximum atomic E-state index is 12.2. The van der Waals surface area contributed by atoms with Crippen molar-refractivity contribution >= 4 is 17.5 Å². The van der Waals surface area contributed by atoms with E-state index in [1.165, 1.54) is 0 Å². The second-order valence-corrected chi connectivity index (χ2v) is 6.76. The van der Waals surface area contributed by atoms with Crippen LogP contribution in [0.3, 0.4) is 0 Å². The molecule has 150 valence electrons. The highest BCUT2D eigenvalue weighted by molar-refractivity contribution is 6.39. The molecule has 0 aliphatic rings. The summed E-state index contributed by atoms with van der Waals surface area (Å²) >= 11 is 0. The number of carbonyl (C=O) groups is 2. The van der Waals surface area contributed by atoms with Gasteiger partial charge in [0, 0.05) is 24.7 Å². The molecule has 1 aromatic heterocycles. The van der Waals surface area contributed by atoms with Crippen LogP contribution >= 0.6 is 0 Å². The molecule has 0 spiro atoms. The van der Waals surface area contributed by atoms with E-state index in [1.807, 2.05) is 49.3 Å². The number of hydrogen-bond acceptors (Lipinski definition) is 6. The summed E-state index contributed by atoms with van der Waals surface area (Å²) in [4.78, 5) is 26.4. The quantitative estimate of drug-likeness (QED) is 0.624. The van der Waals surface area contributed by atoms with Crippen molar-refractivity contribution < 1.29 is 14.0 Å². The van der Waals surface area contributed by atoms with Crippen LogP contribution in [0.15, 0.2) is 59.0 Å². The van der Waals surface area contributed by atoms with E-state index >= 15 is 0 Å². The average molecular weight is 393 g/mol.